The third-order valence-electron chi connectivity index (χ3n) is 6.55. The van der Waals surface area contributed by atoms with Crippen molar-refractivity contribution in [1.82, 2.24) is 0 Å². The zero-order valence-corrected chi connectivity index (χ0v) is 20.5. The Balaban J connectivity index is 1.78. The summed E-state index contributed by atoms with van der Waals surface area (Å²) in [4.78, 5) is 11.2. The summed E-state index contributed by atoms with van der Waals surface area (Å²) < 4.78 is 0. The van der Waals surface area contributed by atoms with E-state index in [1.54, 1.807) is 6.07 Å². The molecule has 0 atom stereocenters. The number of benzene rings is 1. The highest BCUT2D eigenvalue weighted by Crippen LogP contribution is 2.16. The molecule has 0 amide bonds. The van der Waals surface area contributed by atoms with E-state index in [2.05, 4.69) is 6.92 Å². The summed E-state index contributed by atoms with van der Waals surface area (Å²) in [7, 11) is 0. The monoisotopic (exact) mass is 430 g/mol. The molecule has 0 spiro atoms. The first kappa shape index (κ1) is 27.7. The van der Waals surface area contributed by atoms with E-state index < -0.39 is 5.97 Å². The highest BCUT2D eigenvalue weighted by molar-refractivity contribution is 5.89. The van der Waals surface area contributed by atoms with Gasteiger partial charge in [0.15, 0.2) is 0 Å². The lowest BCUT2D eigenvalue weighted by Crippen LogP contribution is -2.02. The van der Waals surface area contributed by atoms with Crippen LogP contribution in [0.3, 0.4) is 0 Å². The number of rotatable bonds is 22. The first-order chi connectivity index (χ1) is 15.3. The van der Waals surface area contributed by atoms with Crippen LogP contribution in [-0.4, -0.2) is 11.1 Å². The van der Waals surface area contributed by atoms with Gasteiger partial charge in [-0.1, -0.05) is 147 Å². The number of carboxylic acid groups (broad SMARTS) is 1. The summed E-state index contributed by atoms with van der Waals surface area (Å²) in [6.45, 7) is 2.29. The van der Waals surface area contributed by atoms with E-state index >= 15 is 0 Å². The van der Waals surface area contributed by atoms with Crippen molar-refractivity contribution in [3.8, 4) is 0 Å². The third-order valence-corrected chi connectivity index (χ3v) is 6.55. The molecule has 0 aliphatic rings. The van der Waals surface area contributed by atoms with Gasteiger partial charge in [0.25, 0.3) is 0 Å². The molecule has 0 saturated carbocycles. The van der Waals surface area contributed by atoms with Gasteiger partial charge in [0.1, 0.15) is 0 Å². The second-order valence-corrected chi connectivity index (χ2v) is 9.43. The molecule has 0 bridgehead atoms. The summed E-state index contributed by atoms with van der Waals surface area (Å²) in [6, 6.07) is 7.43. The molecular formula is C29H50O2. The molecular weight excluding hydrogens is 380 g/mol. The van der Waals surface area contributed by atoms with Crippen LogP contribution < -0.4 is 0 Å². The van der Waals surface area contributed by atoms with Crippen LogP contribution in [0.25, 0.3) is 0 Å². The lowest BCUT2D eigenvalue weighted by atomic mass is 10.00. The standard InChI is InChI=1S/C29H50O2/c1-2-3-4-5-6-7-8-9-10-11-12-13-14-15-16-17-18-19-20-21-24-27-25-22-23-26-28(27)29(30)31/h22-23,25-26H,2-21,24H2,1H3,(H,30,31). The molecule has 0 aliphatic carbocycles. The van der Waals surface area contributed by atoms with Crippen LogP contribution in [0, 0.1) is 0 Å². The van der Waals surface area contributed by atoms with Crippen molar-refractivity contribution in [1.29, 1.82) is 0 Å². The second-order valence-electron chi connectivity index (χ2n) is 9.43. The molecule has 0 saturated heterocycles. The van der Waals surface area contributed by atoms with Gasteiger partial charge < -0.3 is 5.11 Å². The second kappa shape index (κ2) is 20.6. The largest absolute Gasteiger partial charge is 0.478 e. The number of aryl methyl sites for hydroxylation is 1. The van der Waals surface area contributed by atoms with Gasteiger partial charge >= 0.3 is 5.97 Å². The van der Waals surface area contributed by atoms with Gasteiger partial charge in [-0.3, -0.25) is 0 Å². The normalized spacial score (nSPS) is 11.1. The highest BCUT2D eigenvalue weighted by atomic mass is 16.4. The maximum atomic E-state index is 11.2. The predicted octanol–water partition coefficient (Wildman–Crippen LogP) is 9.75. The summed E-state index contributed by atoms with van der Waals surface area (Å²) >= 11 is 0. The van der Waals surface area contributed by atoms with E-state index in [1.807, 2.05) is 18.2 Å². The maximum Gasteiger partial charge on any atom is 0.335 e. The molecule has 0 unspecified atom stereocenters. The third kappa shape index (κ3) is 16.0. The van der Waals surface area contributed by atoms with Crippen molar-refractivity contribution in [2.24, 2.45) is 0 Å². The average Bonchev–Trinajstić information content (AvgIpc) is 2.78. The summed E-state index contributed by atoms with van der Waals surface area (Å²) in [5, 5.41) is 9.23. The maximum absolute atomic E-state index is 11.2. The van der Waals surface area contributed by atoms with E-state index in [9.17, 15) is 9.90 Å². The summed E-state index contributed by atoms with van der Waals surface area (Å²) in [5.74, 6) is -0.802. The van der Waals surface area contributed by atoms with Crippen molar-refractivity contribution in [2.75, 3.05) is 0 Å². The molecule has 1 aromatic rings. The van der Waals surface area contributed by atoms with Crippen LogP contribution >= 0.6 is 0 Å². The van der Waals surface area contributed by atoms with E-state index in [1.165, 1.54) is 122 Å². The zero-order chi connectivity index (χ0) is 22.4. The van der Waals surface area contributed by atoms with E-state index in [4.69, 9.17) is 0 Å². The quantitative estimate of drug-likeness (QED) is 0.186. The number of carbonyl (C=O) groups is 1. The van der Waals surface area contributed by atoms with Crippen LogP contribution in [0.1, 0.15) is 151 Å². The average molecular weight is 431 g/mol. The number of hydrogen-bond acceptors (Lipinski definition) is 1. The number of hydrogen-bond donors (Lipinski definition) is 1. The number of unbranched alkanes of at least 4 members (excludes halogenated alkanes) is 19. The Bertz CT molecular complexity index is 537. The Kier molecular flexibility index (Phi) is 18.4. The Morgan fingerprint density at radius 3 is 1.32 bits per heavy atom. The molecule has 178 valence electrons. The minimum absolute atomic E-state index is 0.473. The highest BCUT2D eigenvalue weighted by Gasteiger charge is 2.08. The summed E-state index contributed by atoms with van der Waals surface area (Å²) in [5.41, 5.74) is 1.46. The molecule has 2 nitrogen and oxygen atoms in total. The Morgan fingerprint density at radius 2 is 0.935 bits per heavy atom. The van der Waals surface area contributed by atoms with E-state index in [0.717, 1.165) is 18.4 Å². The molecule has 1 rings (SSSR count). The molecule has 0 aromatic heterocycles. The zero-order valence-electron chi connectivity index (χ0n) is 20.5. The molecule has 2 heteroatoms. The van der Waals surface area contributed by atoms with Gasteiger partial charge in [0.05, 0.1) is 5.56 Å². The molecule has 0 fully saturated rings. The fraction of sp³-hybridized carbons (Fsp3) is 0.759. The minimum atomic E-state index is -0.802. The molecule has 1 aromatic carbocycles. The lowest BCUT2D eigenvalue weighted by molar-refractivity contribution is 0.0695. The number of aromatic carboxylic acids is 1. The van der Waals surface area contributed by atoms with Crippen LogP contribution in [-0.2, 0) is 6.42 Å². The molecule has 31 heavy (non-hydrogen) atoms. The lowest BCUT2D eigenvalue weighted by Gasteiger charge is -2.06. The first-order valence-electron chi connectivity index (χ1n) is 13.6. The SMILES string of the molecule is CCCCCCCCCCCCCCCCCCCCCCc1ccccc1C(=O)O. The van der Waals surface area contributed by atoms with Crippen LogP contribution in [0.2, 0.25) is 0 Å². The fourth-order valence-corrected chi connectivity index (χ4v) is 4.52. The van der Waals surface area contributed by atoms with Gasteiger partial charge in [-0.25, -0.2) is 4.79 Å². The molecule has 0 aliphatic heterocycles. The van der Waals surface area contributed by atoms with Crippen LogP contribution in [0.4, 0.5) is 0 Å². The van der Waals surface area contributed by atoms with Crippen molar-refractivity contribution in [2.45, 2.75) is 142 Å². The van der Waals surface area contributed by atoms with Crippen molar-refractivity contribution >= 4 is 5.97 Å². The van der Waals surface area contributed by atoms with Crippen LogP contribution in [0.15, 0.2) is 24.3 Å². The molecule has 1 N–H and O–H groups in total. The Morgan fingerprint density at radius 1 is 0.581 bits per heavy atom. The Labute approximate surface area is 193 Å². The van der Waals surface area contributed by atoms with Crippen molar-refractivity contribution in [3.05, 3.63) is 35.4 Å². The molecule has 0 heterocycles. The van der Waals surface area contributed by atoms with Crippen molar-refractivity contribution < 1.29 is 9.90 Å². The predicted molar refractivity (Wildman–Crippen MR) is 135 cm³/mol. The van der Waals surface area contributed by atoms with E-state index in [-0.39, 0.29) is 0 Å². The van der Waals surface area contributed by atoms with Gasteiger partial charge in [-0.2, -0.15) is 0 Å². The van der Waals surface area contributed by atoms with Gasteiger partial charge in [0, 0.05) is 0 Å². The van der Waals surface area contributed by atoms with Gasteiger partial charge in [-0.15, -0.1) is 0 Å². The van der Waals surface area contributed by atoms with Gasteiger partial charge in [-0.05, 0) is 24.5 Å². The number of carboxylic acids is 1. The fourth-order valence-electron chi connectivity index (χ4n) is 4.52. The molecule has 0 radical (unpaired) electrons. The Hall–Kier alpha value is -1.31. The van der Waals surface area contributed by atoms with Crippen molar-refractivity contribution in [3.63, 3.8) is 0 Å². The van der Waals surface area contributed by atoms with Gasteiger partial charge in [0.2, 0.25) is 0 Å². The first-order valence-corrected chi connectivity index (χ1v) is 13.6. The van der Waals surface area contributed by atoms with Crippen LogP contribution in [0.5, 0.6) is 0 Å². The summed E-state index contributed by atoms with van der Waals surface area (Å²) in [6.07, 6.45) is 28.7. The van der Waals surface area contributed by atoms with E-state index in [0.29, 0.717) is 5.56 Å². The smallest absolute Gasteiger partial charge is 0.335 e. The topological polar surface area (TPSA) is 37.3 Å². The minimum Gasteiger partial charge on any atom is -0.478 e.